The minimum atomic E-state index is -0.357. The van der Waals surface area contributed by atoms with Crippen molar-refractivity contribution in [2.75, 3.05) is 16.0 Å². The monoisotopic (exact) mass is 364 g/mol. The van der Waals surface area contributed by atoms with Gasteiger partial charge in [0.05, 0.1) is 17.4 Å². The Morgan fingerprint density at radius 1 is 0.852 bits per heavy atom. The summed E-state index contributed by atoms with van der Waals surface area (Å²) in [5.74, 6) is -0.859. The fraction of sp³-hybridized carbons (Fsp3) is 0.0500. The molecule has 0 fully saturated rings. The molecule has 136 valence electrons. The summed E-state index contributed by atoms with van der Waals surface area (Å²) in [5.41, 5.74) is 2.69. The van der Waals surface area contributed by atoms with E-state index in [2.05, 4.69) is 20.9 Å². The van der Waals surface area contributed by atoms with Crippen LogP contribution in [0.5, 0.6) is 0 Å². The maximum Gasteiger partial charge on any atom is 0.257 e. The number of benzene rings is 2. The molecule has 7 heteroatoms. The van der Waals surface area contributed by atoms with E-state index in [-0.39, 0.29) is 17.6 Å². The topological polar surface area (TPSA) is 83.1 Å². The second-order valence-electron chi connectivity index (χ2n) is 5.81. The van der Waals surface area contributed by atoms with E-state index in [1.807, 2.05) is 0 Å². The number of carbonyl (C=O) groups excluding carboxylic acids is 2. The Bertz CT molecular complexity index is 974. The molecule has 1 aromatic heterocycles. The molecule has 0 aliphatic carbocycles. The average molecular weight is 364 g/mol. The molecule has 0 saturated carbocycles. The van der Waals surface area contributed by atoms with Crippen LogP contribution in [0.3, 0.4) is 0 Å². The Kier molecular flexibility index (Phi) is 5.41. The van der Waals surface area contributed by atoms with Crippen molar-refractivity contribution in [1.82, 2.24) is 4.98 Å². The van der Waals surface area contributed by atoms with E-state index in [0.717, 1.165) is 0 Å². The predicted octanol–water partition coefficient (Wildman–Crippen LogP) is 4.18. The highest BCUT2D eigenvalue weighted by Crippen LogP contribution is 2.19. The molecule has 0 bridgehead atoms. The lowest BCUT2D eigenvalue weighted by molar-refractivity contribution is -0.114. The first-order chi connectivity index (χ1) is 13.0. The van der Waals surface area contributed by atoms with Gasteiger partial charge in [-0.15, -0.1) is 0 Å². The SMILES string of the molecule is CC(=O)Nc1ccc(NC(=O)c2cncc(Nc3cccc(F)c3)c2)cc1. The van der Waals surface area contributed by atoms with Crippen LogP contribution in [0.4, 0.5) is 27.1 Å². The Balaban J connectivity index is 1.69. The van der Waals surface area contributed by atoms with Crippen molar-refractivity contribution in [1.29, 1.82) is 0 Å². The van der Waals surface area contributed by atoms with E-state index in [9.17, 15) is 14.0 Å². The minimum Gasteiger partial charge on any atom is -0.354 e. The first kappa shape index (κ1) is 18.1. The highest BCUT2D eigenvalue weighted by atomic mass is 19.1. The van der Waals surface area contributed by atoms with Crippen molar-refractivity contribution in [2.45, 2.75) is 6.92 Å². The molecular formula is C20H17FN4O2. The van der Waals surface area contributed by atoms with E-state index in [0.29, 0.717) is 28.3 Å². The Hall–Kier alpha value is -3.74. The van der Waals surface area contributed by atoms with Gasteiger partial charge < -0.3 is 16.0 Å². The number of pyridine rings is 1. The number of amides is 2. The third-order valence-electron chi connectivity index (χ3n) is 3.58. The molecule has 0 saturated heterocycles. The molecule has 27 heavy (non-hydrogen) atoms. The van der Waals surface area contributed by atoms with E-state index in [1.54, 1.807) is 48.7 Å². The van der Waals surface area contributed by atoms with Gasteiger partial charge in [-0.3, -0.25) is 14.6 Å². The third kappa shape index (κ3) is 5.12. The molecule has 6 nitrogen and oxygen atoms in total. The molecule has 3 aromatic rings. The number of nitrogens with one attached hydrogen (secondary N) is 3. The first-order valence-corrected chi connectivity index (χ1v) is 8.16. The fourth-order valence-corrected chi connectivity index (χ4v) is 2.41. The van der Waals surface area contributed by atoms with Gasteiger partial charge in [0.2, 0.25) is 5.91 Å². The summed E-state index contributed by atoms with van der Waals surface area (Å²) in [6.45, 7) is 1.42. The van der Waals surface area contributed by atoms with E-state index < -0.39 is 0 Å². The van der Waals surface area contributed by atoms with Gasteiger partial charge >= 0.3 is 0 Å². The lowest BCUT2D eigenvalue weighted by atomic mass is 10.2. The van der Waals surface area contributed by atoms with Gasteiger partial charge in [-0.1, -0.05) is 6.07 Å². The second kappa shape index (κ2) is 8.09. The number of carbonyl (C=O) groups is 2. The van der Waals surface area contributed by atoms with Gasteiger partial charge in [-0.05, 0) is 48.5 Å². The van der Waals surface area contributed by atoms with Crippen molar-refractivity contribution < 1.29 is 14.0 Å². The summed E-state index contributed by atoms with van der Waals surface area (Å²) in [6, 6.07) is 14.4. The van der Waals surface area contributed by atoms with Crippen LogP contribution in [-0.2, 0) is 4.79 Å². The zero-order valence-corrected chi connectivity index (χ0v) is 14.5. The number of hydrogen-bond donors (Lipinski definition) is 3. The Labute approximate surface area is 155 Å². The minimum absolute atomic E-state index is 0.166. The van der Waals surface area contributed by atoms with Crippen LogP contribution in [0.1, 0.15) is 17.3 Å². The van der Waals surface area contributed by atoms with Crippen LogP contribution < -0.4 is 16.0 Å². The van der Waals surface area contributed by atoms with E-state index in [1.165, 1.54) is 25.3 Å². The second-order valence-corrected chi connectivity index (χ2v) is 5.81. The van der Waals surface area contributed by atoms with Crippen LogP contribution in [0.25, 0.3) is 0 Å². The molecule has 0 spiro atoms. The Morgan fingerprint density at radius 2 is 1.56 bits per heavy atom. The molecule has 2 aromatic carbocycles. The number of nitrogens with zero attached hydrogens (tertiary/aromatic N) is 1. The molecule has 0 atom stereocenters. The molecule has 2 amide bonds. The van der Waals surface area contributed by atoms with Crippen molar-refractivity contribution in [3.8, 4) is 0 Å². The summed E-state index contributed by atoms with van der Waals surface area (Å²) in [6.07, 6.45) is 2.99. The standard InChI is InChI=1S/C20H17FN4O2/c1-13(26)23-16-5-7-17(8-6-16)25-20(27)14-9-19(12-22-11-14)24-18-4-2-3-15(21)10-18/h2-12,24H,1H3,(H,23,26)(H,25,27). The normalized spacial score (nSPS) is 10.1. The molecule has 0 aliphatic heterocycles. The number of aromatic nitrogens is 1. The third-order valence-corrected chi connectivity index (χ3v) is 3.58. The van der Waals surface area contributed by atoms with Gasteiger partial charge in [0.1, 0.15) is 5.82 Å². The zero-order chi connectivity index (χ0) is 19.2. The van der Waals surface area contributed by atoms with E-state index >= 15 is 0 Å². The van der Waals surface area contributed by atoms with Gasteiger partial charge in [-0.2, -0.15) is 0 Å². The highest BCUT2D eigenvalue weighted by Gasteiger charge is 2.08. The summed E-state index contributed by atoms with van der Waals surface area (Å²) in [4.78, 5) is 27.5. The van der Waals surface area contributed by atoms with Crippen LogP contribution in [0.2, 0.25) is 0 Å². The smallest absolute Gasteiger partial charge is 0.257 e. The van der Waals surface area contributed by atoms with Crippen molar-refractivity contribution in [3.05, 3.63) is 78.4 Å². The van der Waals surface area contributed by atoms with Gasteiger partial charge in [-0.25, -0.2) is 4.39 Å². The molecule has 0 radical (unpaired) electrons. The lowest BCUT2D eigenvalue weighted by Crippen LogP contribution is -2.12. The average Bonchev–Trinajstić information content (AvgIpc) is 2.63. The molecule has 0 aliphatic rings. The van der Waals surface area contributed by atoms with Crippen molar-refractivity contribution >= 4 is 34.6 Å². The highest BCUT2D eigenvalue weighted by molar-refractivity contribution is 6.04. The predicted molar refractivity (Wildman–Crippen MR) is 103 cm³/mol. The van der Waals surface area contributed by atoms with Crippen LogP contribution >= 0.6 is 0 Å². The number of halogens is 1. The first-order valence-electron chi connectivity index (χ1n) is 8.16. The maximum absolute atomic E-state index is 13.3. The summed E-state index contributed by atoms with van der Waals surface area (Å²) in [5, 5.41) is 8.42. The summed E-state index contributed by atoms with van der Waals surface area (Å²) < 4.78 is 13.3. The van der Waals surface area contributed by atoms with Crippen molar-refractivity contribution in [3.63, 3.8) is 0 Å². The zero-order valence-electron chi connectivity index (χ0n) is 14.5. The van der Waals surface area contributed by atoms with Crippen molar-refractivity contribution in [2.24, 2.45) is 0 Å². The molecule has 3 N–H and O–H groups in total. The number of anilines is 4. The summed E-state index contributed by atoms with van der Waals surface area (Å²) in [7, 11) is 0. The van der Waals surface area contributed by atoms with Crippen LogP contribution in [0, 0.1) is 5.82 Å². The molecule has 3 rings (SSSR count). The van der Waals surface area contributed by atoms with Gasteiger partial charge in [0, 0.05) is 30.2 Å². The number of hydrogen-bond acceptors (Lipinski definition) is 4. The largest absolute Gasteiger partial charge is 0.354 e. The lowest BCUT2D eigenvalue weighted by Gasteiger charge is -2.09. The quantitative estimate of drug-likeness (QED) is 0.634. The molecular weight excluding hydrogens is 347 g/mol. The maximum atomic E-state index is 13.3. The molecule has 0 unspecified atom stereocenters. The van der Waals surface area contributed by atoms with Gasteiger partial charge in [0.15, 0.2) is 0 Å². The van der Waals surface area contributed by atoms with Gasteiger partial charge in [0.25, 0.3) is 5.91 Å². The molecule has 1 heterocycles. The number of rotatable bonds is 5. The summed E-state index contributed by atoms with van der Waals surface area (Å²) >= 11 is 0. The Morgan fingerprint density at radius 3 is 2.22 bits per heavy atom. The fourth-order valence-electron chi connectivity index (χ4n) is 2.41. The van der Waals surface area contributed by atoms with Crippen LogP contribution in [-0.4, -0.2) is 16.8 Å². The van der Waals surface area contributed by atoms with Crippen LogP contribution in [0.15, 0.2) is 67.0 Å². The van der Waals surface area contributed by atoms with E-state index in [4.69, 9.17) is 0 Å².